The predicted octanol–water partition coefficient (Wildman–Crippen LogP) is 2.18. The van der Waals surface area contributed by atoms with Crippen LogP contribution in [0, 0.1) is 10.1 Å². The number of benzene rings is 1. The number of carboxylic acids is 1. The number of hydrogen-bond acceptors (Lipinski definition) is 4. The first-order chi connectivity index (χ1) is 10.0. The van der Waals surface area contributed by atoms with E-state index in [2.05, 4.69) is 0 Å². The van der Waals surface area contributed by atoms with Gasteiger partial charge in [-0.1, -0.05) is 0 Å². The molecule has 2 aromatic rings. The number of aromatic nitrogens is 1. The number of nitrogens with zero attached hydrogens (tertiary/aromatic N) is 2. The normalized spacial score (nSPS) is 21.7. The molecule has 3 rings (SSSR count). The van der Waals surface area contributed by atoms with E-state index in [0.717, 1.165) is 10.9 Å². The maximum atomic E-state index is 10.9. The van der Waals surface area contributed by atoms with Crippen LogP contribution >= 0.6 is 0 Å². The molecule has 7 heteroatoms. The van der Waals surface area contributed by atoms with Crippen LogP contribution in [0.1, 0.15) is 12.8 Å². The van der Waals surface area contributed by atoms with Crippen molar-refractivity contribution >= 4 is 22.6 Å². The topological polar surface area (TPSA) is 94.6 Å². The highest BCUT2D eigenvalue weighted by atomic mass is 16.6. The molecule has 110 valence electrons. The number of carboxylic acid groups (broad SMARTS) is 1. The maximum Gasteiger partial charge on any atom is 0.332 e. The lowest BCUT2D eigenvalue weighted by atomic mass is 10.2. The highest BCUT2D eigenvalue weighted by molar-refractivity contribution is 5.82. The Kier molecular flexibility index (Phi) is 3.34. The maximum absolute atomic E-state index is 10.9. The summed E-state index contributed by atoms with van der Waals surface area (Å²) in [6, 6.07) is 6.51. The first kappa shape index (κ1) is 13.6. The molecule has 1 aromatic heterocycles. The number of fused-ring (bicyclic) bond motifs is 1. The SMILES string of the molecule is O=C(O)C1CCC(Cn2ccc3cc([N+](=O)[O-])ccc32)O1. The van der Waals surface area contributed by atoms with Crippen molar-refractivity contribution in [3.63, 3.8) is 0 Å². The fourth-order valence-corrected chi connectivity index (χ4v) is 2.70. The van der Waals surface area contributed by atoms with E-state index in [1.165, 1.54) is 12.1 Å². The standard InChI is InChI=1S/C14H14N2O5/c17-14(18)13-4-2-11(21-13)8-15-6-5-9-7-10(16(19)20)1-3-12(9)15/h1,3,5-7,11,13H,2,4,8H2,(H,17,18). The van der Waals surface area contributed by atoms with Crippen molar-refractivity contribution in [2.45, 2.75) is 31.6 Å². The van der Waals surface area contributed by atoms with Crippen molar-refractivity contribution in [2.75, 3.05) is 0 Å². The molecule has 0 aliphatic carbocycles. The predicted molar refractivity (Wildman–Crippen MR) is 74.1 cm³/mol. The Morgan fingerprint density at radius 2 is 2.24 bits per heavy atom. The fraction of sp³-hybridized carbons (Fsp3) is 0.357. The van der Waals surface area contributed by atoms with Gasteiger partial charge in [-0.25, -0.2) is 4.79 Å². The number of aliphatic carboxylic acids is 1. The van der Waals surface area contributed by atoms with Gasteiger partial charge < -0.3 is 14.4 Å². The van der Waals surface area contributed by atoms with E-state index in [4.69, 9.17) is 9.84 Å². The van der Waals surface area contributed by atoms with Crippen molar-refractivity contribution in [3.05, 3.63) is 40.6 Å². The zero-order valence-electron chi connectivity index (χ0n) is 11.1. The van der Waals surface area contributed by atoms with Crippen LogP contribution < -0.4 is 0 Å². The molecule has 1 N–H and O–H groups in total. The highest BCUT2D eigenvalue weighted by Gasteiger charge is 2.30. The van der Waals surface area contributed by atoms with Gasteiger partial charge in [0.25, 0.3) is 5.69 Å². The van der Waals surface area contributed by atoms with Gasteiger partial charge in [0, 0.05) is 35.8 Å². The summed E-state index contributed by atoms with van der Waals surface area (Å²) in [5.74, 6) is -0.925. The Labute approximate surface area is 119 Å². The summed E-state index contributed by atoms with van der Waals surface area (Å²) < 4.78 is 7.42. The molecule has 1 aliphatic rings. The highest BCUT2D eigenvalue weighted by Crippen LogP contribution is 2.25. The third-order valence-corrected chi connectivity index (χ3v) is 3.75. The number of nitro groups is 1. The third-order valence-electron chi connectivity index (χ3n) is 3.75. The van der Waals surface area contributed by atoms with Gasteiger partial charge in [0.15, 0.2) is 6.10 Å². The van der Waals surface area contributed by atoms with Crippen molar-refractivity contribution < 1.29 is 19.6 Å². The van der Waals surface area contributed by atoms with Gasteiger partial charge in [-0.2, -0.15) is 0 Å². The van der Waals surface area contributed by atoms with Gasteiger partial charge in [0.2, 0.25) is 0 Å². The minimum atomic E-state index is -0.925. The van der Waals surface area contributed by atoms with Crippen molar-refractivity contribution in [1.29, 1.82) is 0 Å². The molecular weight excluding hydrogens is 276 g/mol. The van der Waals surface area contributed by atoms with Crippen LogP contribution in [0.2, 0.25) is 0 Å². The average molecular weight is 290 g/mol. The van der Waals surface area contributed by atoms with Gasteiger partial charge in [-0.15, -0.1) is 0 Å². The summed E-state index contributed by atoms with van der Waals surface area (Å²) in [7, 11) is 0. The second-order valence-electron chi connectivity index (χ2n) is 5.13. The van der Waals surface area contributed by atoms with E-state index in [1.54, 1.807) is 6.07 Å². The number of ether oxygens (including phenoxy) is 1. The minimum absolute atomic E-state index is 0.0586. The molecule has 2 heterocycles. The van der Waals surface area contributed by atoms with E-state index in [0.29, 0.717) is 19.4 Å². The molecule has 1 saturated heterocycles. The van der Waals surface area contributed by atoms with Crippen molar-refractivity contribution in [2.24, 2.45) is 0 Å². The van der Waals surface area contributed by atoms with Crippen LogP contribution in [0.5, 0.6) is 0 Å². The summed E-state index contributed by atoms with van der Waals surface area (Å²) >= 11 is 0. The summed E-state index contributed by atoms with van der Waals surface area (Å²) in [6.45, 7) is 0.547. The van der Waals surface area contributed by atoms with Gasteiger partial charge in [0.05, 0.1) is 11.0 Å². The second kappa shape index (κ2) is 5.17. The van der Waals surface area contributed by atoms with Crippen LogP contribution in [-0.2, 0) is 16.1 Å². The lowest BCUT2D eigenvalue weighted by molar-refractivity contribution is -0.384. The summed E-state index contributed by atoms with van der Waals surface area (Å²) in [6.07, 6.45) is 2.19. The van der Waals surface area contributed by atoms with E-state index in [1.807, 2.05) is 16.8 Å². The Morgan fingerprint density at radius 1 is 1.43 bits per heavy atom. The fourth-order valence-electron chi connectivity index (χ4n) is 2.70. The van der Waals surface area contributed by atoms with E-state index in [-0.39, 0.29) is 11.8 Å². The van der Waals surface area contributed by atoms with Crippen LogP contribution in [0.25, 0.3) is 10.9 Å². The third kappa shape index (κ3) is 2.59. The average Bonchev–Trinajstić information content (AvgIpc) is 3.06. The monoisotopic (exact) mass is 290 g/mol. The lowest BCUT2D eigenvalue weighted by Crippen LogP contribution is -2.22. The lowest BCUT2D eigenvalue weighted by Gasteiger charge is -2.13. The Morgan fingerprint density at radius 3 is 2.90 bits per heavy atom. The van der Waals surface area contributed by atoms with Gasteiger partial charge in [0.1, 0.15) is 0 Å². The molecule has 21 heavy (non-hydrogen) atoms. The molecule has 2 atom stereocenters. The van der Waals surface area contributed by atoms with Gasteiger partial charge in [-0.05, 0) is 25.0 Å². The molecule has 0 radical (unpaired) electrons. The van der Waals surface area contributed by atoms with Crippen LogP contribution in [0.3, 0.4) is 0 Å². The molecule has 0 amide bonds. The molecule has 2 unspecified atom stereocenters. The molecule has 0 saturated carbocycles. The number of rotatable bonds is 4. The zero-order valence-corrected chi connectivity index (χ0v) is 11.1. The van der Waals surface area contributed by atoms with E-state index < -0.39 is 17.0 Å². The minimum Gasteiger partial charge on any atom is -0.479 e. The quantitative estimate of drug-likeness (QED) is 0.688. The number of nitro benzene ring substituents is 1. The first-order valence-electron chi connectivity index (χ1n) is 6.66. The number of non-ortho nitro benzene ring substituents is 1. The van der Waals surface area contributed by atoms with Crippen molar-refractivity contribution in [3.8, 4) is 0 Å². The zero-order chi connectivity index (χ0) is 15.0. The van der Waals surface area contributed by atoms with Crippen LogP contribution in [-0.4, -0.2) is 32.8 Å². The largest absolute Gasteiger partial charge is 0.479 e. The molecular formula is C14H14N2O5. The molecule has 7 nitrogen and oxygen atoms in total. The van der Waals surface area contributed by atoms with Crippen LogP contribution in [0.15, 0.2) is 30.5 Å². The molecule has 1 fully saturated rings. The molecule has 0 bridgehead atoms. The Hall–Kier alpha value is -2.41. The smallest absolute Gasteiger partial charge is 0.332 e. The summed E-state index contributed by atoms with van der Waals surface area (Å²) in [4.78, 5) is 21.2. The van der Waals surface area contributed by atoms with E-state index in [9.17, 15) is 14.9 Å². The molecule has 1 aromatic carbocycles. The molecule has 1 aliphatic heterocycles. The molecule has 0 spiro atoms. The second-order valence-corrected chi connectivity index (χ2v) is 5.13. The van der Waals surface area contributed by atoms with Crippen molar-refractivity contribution in [1.82, 2.24) is 4.57 Å². The number of hydrogen-bond donors (Lipinski definition) is 1. The van der Waals surface area contributed by atoms with Gasteiger partial charge in [-0.3, -0.25) is 10.1 Å². The Balaban J connectivity index is 1.79. The van der Waals surface area contributed by atoms with E-state index >= 15 is 0 Å². The van der Waals surface area contributed by atoms with Gasteiger partial charge >= 0.3 is 5.97 Å². The van der Waals surface area contributed by atoms with Crippen LogP contribution in [0.4, 0.5) is 5.69 Å². The first-order valence-corrected chi connectivity index (χ1v) is 6.66. The Bertz CT molecular complexity index is 708. The number of carbonyl (C=O) groups is 1. The summed E-state index contributed by atoms with van der Waals surface area (Å²) in [5, 5.41) is 20.5. The summed E-state index contributed by atoms with van der Waals surface area (Å²) in [5.41, 5.74) is 0.936.